The molecule has 7 heteroatoms. The lowest BCUT2D eigenvalue weighted by Crippen LogP contribution is -2.26. The summed E-state index contributed by atoms with van der Waals surface area (Å²) in [6.45, 7) is 10.4. The number of aromatic nitrogens is 2. The number of halogens is 1. The van der Waals surface area contributed by atoms with E-state index < -0.39 is 5.82 Å². The SMILES string of the molecule is [C-]#[N+]c1ccc([C@H](C)n2cnc3sc4c(c3c2=O)CCNC4)cc1F. The van der Waals surface area contributed by atoms with Crippen LogP contribution in [-0.4, -0.2) is 16.1 Å². The maximum atomic E-state index is 13.9. The van der Waals surface area contributed by atoms with Crippen molar-refractivity contribution >= 4 is 27.2 Å². The topological polar surface area (TPSA) is 51.3 Å². The fourth-order valence-corrected chi connectivity index (χ4v) is 4.39. The van der Waals surface area contributed by atoms with Crippen LogP contribution in [0, 0.1) is 12.4 Å². The number of hydrogen-bond acceptors (Lipinski definition) is 4. The van der Waals surface area contributed by atoms with Crippen LogP contribution in [0.2, 0.25) is 0 Å². The van der Waals surface area contributed by atoms with Crippen molar-refractivity contribution in [1.82, 2.24) is 14.9 Å². The van der Waals surface area contributed by atoms with Crippen LogP contribution in [0.4, 0.5) is 10.1 Å². The summed E-state index contributed by atoms with van der Waals surface area (Å²) in [5.41, 5.74) is 1.62. The first-order valence-electron chi connectivity index (χ1n) is 7.99. The molecule has 3 heterocycles. The van der Waals surface area contributed by atoms with E-state index >= 15 is 0 Å². The highest BCUT2D eigenvalue weighted by Gasteiger charge is 2.21. The maximum Gasteiger partial charge on any atom is 0.262 e. The number of hydrogen-bond donors (Lipinski definition) is 1. The third-order valence-corrected chi connectivity index (χ3v) is 5.79. The molecule has 1 aliphatic heterocycles. The minimum atomic E-state index is -0.569. The van der Waals surface area contributed by atoms with E-state index in [4.69, 9.17) is 6.57 Å². The van der Waals surface area contributed by atoms with E-state index in [1.54, 1.807) is 22.0 Å². The zero-order valence-electron chi connectivity index (χ0n) is 13.5. The van der Waals surface area contributed by atoms with E-state index in [1.165, 1.54) is 23.3 Å². The minimum Gasteiger partial charge on any atom is -0.312 e. The molecule has 1 N–H and O–H groups in total. The molecule has 25 heavy (non-hydrogen) atoms. The lowest BCUT2D eigenvalue weighted by Gasteiger charge is -2.16. The van der Waals surface area contributed by atoms with Gasteiger partial charge in [0.1, 0.15) is 10.6 Å². The van der Waals surface area contributed by atoms with Crippen LogP contribution >= 0.6 is 11.3 Å². The summed E-state index contributed by atoms with van der Waals surface area (Å²) in [7, 11) is 0. The molecule has 3 aromatic rings. The van der Waals surface area contributed by atoms with Crippen molar-refractivity contribution < 1.29 is 4.39 Å². The summed E-state index contributed by atoms with van der Waals surface area (Å²) in [5.74, 6) is -0.569. The molecule has 0 spiro atoms. The summed E-state index contributed by atoms with van der Waals surface area (Å²) in [6.07, 6.45) is 2.35. The monoisotopic (exact) mass is 354 g/mol. The average Bonchev–Trinajstić information content (AvgIpc) is 3.00. The van der Waals surface area contributed by atoms with Crippen LogP contribution in [-0.2, 0) is 13.0 Å². The Kier molecular flexibility index (Phi) is 3.86. The highest BCUT2D eigenvalue weighted by Crippen LogP contribution is 2.30. The Balaban J connectivity index is 1.84. The van der Waals surface area contributed by atoms with Gasteiger partial charge in [-0.1, -0.05) is 12.1 Å². The third kappa shape index (κ3) is 2.54. The lowest BCUT2D eigenvalue weighted by atomic mass is 10.1. The zero-order valence-corrected chi connectivity index (χ0v) is 14.4. The van der Waals surface area contributed by atoms with Gasteiger partial charge >= 0.3 is 0 Å². The van der Waals surface area contributed by atoms with E-state index in [0.717, 1.165) is 29.9 Å². The Morgan fingerprint density at radius 3 is 3.08 bits per heavy atom. The van der Waals surface area contributed by atoms with E-state index in [2.05, 4.69) is 15.1 Å². The van der Waals surface area contributed by atoms with Gasteiger partial charge in [-0.3, -0.25) is 9.36 Å². The number of thiophene rings is 1. The summed E-state index contributed by atoms with van der Waals surface area (Å²) in [4.78, 5) is 22.6. The van der Waals surface area contributed by atoms with Gasteiger partial charge in [-0.05, 0) is 37.1 Å². The molecule has 0 aliphatic carbocycles. The number of nitrogens with zero attached hydrogens (tertiary/aromatic N) is 3. The van der Waals surface area contributed by atoms with Gasteiger partial charge in [-0.2, -0.15) is 0 Å². The molecular formula is C18H15FN4OS. The molecule has 4 rings (SSSR count). The van der Waals surface area contributed by atoms with Crippen molar-refractivity contribution in [1.29, 1.82) is 0 Å². The standard InChI is InChI=1S/C18H15FN4OS/c1-10(11-3-4-14(20-2)13(19)7-11)23-9-22-17-16(18(23)24)12-5-6-21-8-15(12)25-17/h3-4,7,9-10,21H,5-6,8H2,1H3/t10-/m0/s1. The molecule has 0 amide bonds. The molecule has 0 saturated heterocycles. The third-order valence-electron chi connectivity index (χ3n) is 4.65. The van der Waals surface area contributed by atoms with Gasteiger partial charge in [0, 0.05) is 11.4 Å². The van der Waals surface area contributed by atoms with E-state index in [1.807, 2.05) is 6.92 Å². The number of rotatable bonds is 2. The maximum absolute atomic E-state index is 13.9. The molecule has 0 bridgehead atoms. The minimum absolute atomic E-state index is 0.0173. The smallest absolute Gasteiger partial charge is 0.262 e. The fourth-order valence-electron chi connectivity index (χ4n) is 3.24. The Labute approximate surface area is 147 Å². The molecule has 1 atom stereocenters. The summed E-state index contributed by atoms with van der Waals surface area (Å²) >= 11 is 1.56. The van der Waals surface area contributed by atoms with E-state index in [-0.39, 0.29) is 17.3 Å². The number of benzene rings is 1. The molecule has 126 valence electrons. The quantitative estimate of drug-likeness (QED) is 0.718. The first-order chi connectivity index (χ1) is 12.1. The van der Waals surface area contributed by atoms with Gasteiger partial charge in [0.15, 0.2) is 0 Å². The van der Waals surface area contributed by atoms with Gasteiger partial charge in [0.05, 0.1) is 24.3 Å². The van der Waals surface area contributed by atoms with Crippen LogP contribution in [0.5, 0.6) is 0 Å². The second-order valence-electron chi connectivity index (χ2n) is 6.07. The lowest BCUT2D eigenvalue weighted by molar-refractivity contribution is 0.591. The summed E-state index contributed by atoms with van der Waals surface area (Å²) in [6, 6.07) is 4.09. The van der Waals surface area contributed by atoms with Crippen LogP contribution in [0.25, 0.3) is 15.1 Å². The normalized spacial score (nSPS) is 14.9. The Morgan fingerprint density at radius 1 is 1.48 bits per heavy atom. The first kappa shape index (κ1) is 15.9. The summed E-state index contributed by atoms with van der Waals surface area (Å²) in [5, 5.41) is 4.00. The highest BCUT2D eigenvalue weighted by molar-refractivity contribution is 7.18. The molecular weight excluding hydrogens is 339 g/mol. The van der Waals surface area contributed by atoms with Gasteiger partial charge in [-0.25, -0.2) is 14.2 Å². The van der Waals surface area contributed by atoms with E-state index in [0.29, 0.717) is 10.9 Å². The van der Waals surface area contributed by atoms with Crippen LogP contribution in [0.1, 0.15) is 29.0 Å². The molecule has 1 aromatic carbocycles. The molecule has 5 nitrogen and oxygen atoms in total. The second-order valence-corrected chi connectivity index (χ2v) is 7.15. The Hall–Kier alpha value is -2.56. The highest BCUT2D eigenvalue weighted by atomic mass is 32.1. The van der Waals surface area contributed by atoms with Gasteiger partial charge in [0.25, 0.3) is 5.56 Å². The molecule has 0 radical (unpaired) electrons. The number of fused-ring (bicyclic) bond motifs is 3. The number of nitrogens with one attached hydrogen (secondary N) is 1. The van der Waals surface area contributed by atoms with Crippen molar-refractivity contribution in [3.63, 3.8) is 0 Å². The van der Waals surface area contributed by atoms with Crippen LogP contribution < -0.4 is 10.9 Å². The largest absolute Gasteiger partial charge is 0.312 e. The first-order valence-corrected chi connectivity index (χ1v) is 8.81. The Bertz CT molecular complexity index is 1080. The predicted molar refractivity (Wildman–Crippen MR) is 95.8 cm³/mol. The molecule has 1 aliphatic rings. The van der Waals surface area contributed by atoms with E-state index in [9.17, 15) is 9.18 Å². The molecule has 0 unspecified atom stereocenters. The van der Waals surface area contributed by atoms with Crippen molar-refractivity contribution in [3.8, 4) is 0 Å². The van der Waals surface area contributed by atoms with Crippen molar-refractivity contribution in [3.05, 3.63) is 68.1 Å². The second kappa shape index (κ2) is 6.06. The average molecular weight is 354 g/mol. The zero-order chi connectivity index (χ0) is 17.6. The van der Waals surface area contributed by atoms with Gasteiger partial charge in [0.2, 0.25) is 5.69 Å². The fraction of sp³-hybridized carbons (Fsp3) is 0.278. The van der Waals surface area contributed by atoms with Crippen molar-refractivity contribution in [2.24, 2.45) is 0 Å². The predicted octanol–water partition coefficient (Wildman–Crippen LogP) is 3.40. The molecule has 0 saturated carbocycles. The van der Waals surface area contributed by atoms with Crippen molar-refractivity contribution in [2.45, 2.75) is 25.9 Å². The molecule has 0 fully saturated rings. The van der Waals surface area contributed by atoms with Crippen LogP contribution in [0.3, 0.4) is 0 Å². The van der Waals surface area contributed by atoms with Gasteiger partial charge in [-0.15, -0.1) is 11.3 Å². The summed E-state index contributed by atoms with van der Waals surface area (Å²) < 4.78 is 15.5. The van der Waals surface area contributed by atoms with Crippen LogP contribution in [0.15, 0.2) is 29.3 Å². The van der Waals surface area contributed by atoms with Gasteiger partial charge < -0.3 is 5.32 Å². The Morgan fingerprint density at radius 2 is 2.32 bits per heavy atom. The molecule has 2 aromatic heterocycles. The van der Waals surface area contributed by atoms with Crippen molar-refractivity contribution in [2.75, 3.05) is 6.54 Å².